The summed E-state index contributed by atoms with van der Waals surface area (Å²) in [6, 6.07) is 5.38. The van der Waals surface area contributed by atoms with E-state index >= 15 is 0 Å². The summed E-state index contributed by atoms with van der Waals surface area (Å²) in [6.45, 7) is 10.1. The van der Waals surface area contributed by atoms with Gasteiger partial charge in [0.05, 0.1) is 0 Å². The van der Waals surface area contributed by atoms with E-state index in [0.717, 1.165) is 95.4 Å². The van der Waals surface area contributed by atoms with Crippen molar-refractivity contribution in [1.29, 1.82) is 0 Å². The molecule has 0 heterocycles. The summed E-state index contributed by atoms with van der Waals surface area (Å²) in [4.78, 5) is 6.43. The van der Waals surface area contributed by atoms with E-state index in [1.165, 1.54) is 161 Å². The molecule has 0 bridgehead atoms. The number of allylic oxidation sites excluding steroid dienone is 2. The molecule has 0 spiro atoms. The van der Waals surface area contributed by atoms with Crippen LogP contribution in [0, 0.1) is 59.2 Å². The molecule has 8 saturated carbocycles. The zero-order valence-corrected chi connectivity index (χ0v) is 36.5. The third-order valence-corrected chi connectivity index (χ3v) is 19.0. The van der Waals surface area contributed by atoms with Gasteiger partial charge >= 0.3 is 0 Å². The van der Waals surface area contributed by atoms with E-state index in [1.54, 1.807) is 32.1 Å². The van der Waals surface area contributed by atoms with Crippen LogP contribution in [0.15, 0.2) is 12.2 Å². The van der Waals surface area contributed by atoms with Crippen LogP contribution in [-0.4, -0.2) is 46.1 Å². The van der Waals surface area contributed by atoms with Crippen molar-refractivity contribution in [2.45, 2.75) is 257 Å². The largest absolute Gasteiger partial charge is 0.294 e. The highest BCUT2D eigenvalue weighted by atomic mass is 15.2. The van der Waals surface area contributed by atoms with Crippen molar-refractivity contribution in [3.63, 3.8) is 0 Å². The van der Waals surface area contributed by atoms with Crippen LogP contribution in [0.4, 0.5) is 0 Å². The molecular weight excluding hydrogens is 653 g/mol. The van der Waals surface area contributed by atoms with Gasteiger partial charge in [-0.05, 0) is 239 Å². The maximum absolute atomic E-state index is 3.23. The molecule has 0 aromatic heterocycles. The molecule has 2 heteroatoms. The maximum Gasteiger partial charge on any atom is 0.0102 e. The zero-order valence-electron chi connectivity index (χ0n) is 36.5. The van der Waals surface area contributed by atoms with Crippen molar-refractivity contribution in [3.05, 3.63) is 12.2 Å². The van der Waals surface area contributed by atoms with Crippen LogP contribution >= 0.6 is 0 Å². The second kappa shape index (κ2) is 19.2. The summed E-state index contributed by atoms with van der Waals surface area (Å²) in [6.07, 6.45) is 50.7. The molecule has 0 aromatic rings. The Kier molecular flexibility index (Phi) is 14.3. The number of hydrogen-bond donors (Lipinski definition) is 0. The van der Waals surface area contributed by atoms with Gasteiger partial charge in [-0.3, -0.25) is 9.80 Å². The van der Waals surface area contributed by atoms with Crippen LogP contribution in [0.1, 0.15) is 220 Å². The minimum Gasteiger partial charge on any atom is -0.294 e. The fraction of sp³-hybridized carbons (Fsp3) is 0.962. The first-order chi connectivity index (χ1) is 26.4. The van der Waals surface area contributed by atoms with Gasteiger partial charge in [0.15, 0.2) is 0 Å². The van der Waals surface area contributed by atoms with Gasteiger partial charge in [0, 0.05) is 36.3 Å². The summed E-state index contributed by atoms with van der Waals surface area (Å²) < 4.78 is 0. The number of rotatable bonds is 9. The molecule has 2 nitrogen and oxygen atoms in total. The topological polar surface area (TPSA) is 6.48 Å². The number of hydrogen-bond acceptors (Lipinski definition) is 2. The summed E-state index contributed by atoms with van der Waals surface area (Å²) in [5, 5.41) is 0. The van der Waals surface area contributed by atoms with Gasteiger partial charge in [0.1, 0.15) is 0 Å². The van der Waals surface area contributed by atoms with Crippen LogP contribution < -0.4 is 0 Å². The monoisotopic (exact) mass is 743 g/mol. The van der Waals surface area contributed by atoms with Crippen molar-refractivity contribution < 1.29 is 0 Å². The van der Waals surface area contributed by atoms with Gasteiger partial charge in [-0.15, -0.1) is 0 Å². The molecule has 8 fully saturated rings. The lowest BCUT2D eigenvalue weighted by molar-refractivity contribution is -0.0171. The van der Waals surface area contributed by atoms with Crippen LogP contribution in [0.5, 0.6) is 0 Å². The molecule has 8 aliphatic carbocycles. The van der Waals surface area contributed by atoms with Crippen LogP contribution in [-0.2, 0) is 0 Å². The summed E-state index contributed by atoms with van der Waals surface area (Å²) >= 11 is 0. The predicted molar refractivity (Wildman–Crippen MR) is 232 cm³/mol. The molecule has 0 amide bonds. The highest BCUT2D eigenvalue weighted by molar-refractivity contribution is 5.04. The highest BCUT2D eigenvalue weighted by Gasteiger charge is 2.45. The van der Waals surface area contributed by atoms with E-state index in [9.17, 15) is 0 Å². The SMILES string of the molecule is CC1CCC(N(C2CCC(C)CC2)C2CCC(/C=C/C3CCC(C4CCC(N(C5CCC(C)CC5)C5CCC(C)CC5)CC4)C4CCCCC34)CC2)CC1. The first-order valence-electron chi connectivity index (χ1n) is 25.6. The Morgan fingerprint density at radius 1 is 0.296 bits per heavy atom. The Labute approximate surface area is 336 Å². The Morgan fingerprint density at radius 3 is 1.06 bits per heavy atom. The third kappa shape index (κ3) is 9.74. The van der Waals surface area contributed by atoms with E-state index in [-0.39, 0.29) is 0 Å². The minimum atomic E-state index is 0.860. The summed E-state index contributed by atoms with van der Waals surface area (Å²) in [5.74, 6) is 9.75. The fourth-order valence-corrected chi connectivity index (χ4v) is 15.6. The lowest BCUT2D eigenvalue weighted by atomic mass is 9.56. The highest BCUT2D eigenvalue weighted by Crippen LogP contribution is 2.53. The van der Waals surface area contributed by atoms with Crippen molar-refractivity contribution >= 4 is 0 Å². The van der Waals surface area contributed by atoms with Crippen molar-refractivity contribution in [1.82, 2.24) is 9.80 Å². The lowest BCUT2D eigenvalue weighted by Gasteiger charge is -2.52. The molecular formula is C52H90N2. The zero-order chi connectivity index (χ0) is 37.0. The normalized spacial score (nSPS) is 47.1. The molecule has 0 N–H and O–H groups in total. The minimum absolute atomic E-state index is 0.860. The summed E-state index contributed by atoms with van der Waals surface area (Å²) in [5.41, 5.74) is 0. The Hall–Kier alpha value is -0.340. The van der Waals surface area contributed by atoms with Crippen LogP contribution in [0.25, 0.3) is 0 Å². The molecule has 0 saturated heterocycles. The number of fused-ring (bicyclic) bond motifs is 1. The molecule has 0 aromatic carbocycles. The second-order valence-corrected chi connectivity index (χ2v) is 22.6. The van der Waals surface area contributed by atoms with Crippen molar-refractivity contribution in [2.24, 2.45) is 59.2 Å². The smallest absolute Gasteiger partial charge is 0.0102 e. The standard InChI is InChI=1S/C52H90N2/c1-37-9-24-44(25-10-37)53(45-26-11-38(2)12-27-45)48-32-18-41(19-33-48)17-20-42-23-36-51(52-8-6-5-7-50(42)52)43-21-34-49(35-22-43)54(46-28-13-39(3)14-29-46)47-30-15-40(4)16-31-47/h17,20,37-52H,5-16,18-19,21-36H2,1-4H3/b20-17+. The van der Waals surface area contributed by atoms with E-state index in [1.807, 2.05) is 0 Å². The van der Waals surface area contributed by atoms with E-state index < -0.39 is 0 Å². The third-order valence-electron chi connectivity index (χ3n) is 19.0. The van der Waals surface area contributed by atoms with Gasteiger partial charge < -0.3 is 0 Å². The fourth-order valence-electron chi connectivity index (χ4n) is 15.6. The predicted octanol–water partition coefficient (Wildman–Crippen LogP) is 14.4. The van der Waals surface area contributed by atoms with Crippen molar-refractivity contribution in [2.75, 3.05) is 0 Å². The molecule has 308 valence electrons. The van der Waals surface area contributed by atoms with Gasteiger partial charge in [0.2, 0.25) is 0 Å². The molecule has 0 aliphatic heterocycles. The Balaban J connectivity index is 0.848. The van der Waals surface area contributed by atoms with Gasteiger partial charge in [-0.1, -0.05) is 52.7 Å². The molecule has 8 rings (SSSR count). The van der Waals surface area contributed by atoms with E-state index in [4.69, 9.17) is 0 Å². The average molecular weight is 743 g/mol. The molecule has 8 aliphatic rings. The molecule has 54 heavy (non-hydrogen) atoms. The van der Waals surface area contributed by atoms with Crippen LogP contribution in [0.2, 0.25) is 0 Å². The molecule has 0 radical (unpaired) electrons. The number of nitrogens with zero attached hydrogens (tertiary/aromatic N) is 2. The van der Waals surface area contributed by atoms with E-state index in [0.29, 0.717) is 0 Å². The van der Waals surface area contributed by atoms with E-state index in [2.05, 4.69) is 49.6 Å². The van der Waals surface area contributed by atoms with Gasteiger partial charge in [-0.2, -0.15) is 0 Å². The van der Waals surface area contributed by atoms with Gasteiger partial charge in [0.25, 0.3) is 0 Å². The van der Waals surface area contributed by atoms with Gasteiger partial charge in [-0.25, -0.2) is 0 Å². The Morgan fingerprint density at radius 2 is 0.648 bits per heavy atom. The quantitative estimate of drug-likeness (QED) is 0.217. The van der Waals surface area contributed by atoms with Crippen molar-refractivity contribution in [3.8, 4) is 0 Å². The molecule has 4 unspecified atom stereocenters. The van der Waals surface area contributed by atoms with Crippen LogP contribution in [0.3, 0.4) is 0 Å². The first kappa shape index (κ1) is 40.4. The average Bonchev–Trinajstić information content (AvgIpc) is 3.21. The lowest BCUT2D eigenvalue weighted by Crippen LogP contribution is -2.53. The maximum atomic E-state index is 3.23. The Bertz CT molecular complexity index is 1070. The first-order valence-corrected chi connectivity index (χ1v) is 25.6. The molecule has 4 atom stereocenters. The summed E-state index contributed by atoms with van der Waals surface area (Å²) in [7, 11) is 0. The second-order valence-electron chi connectivity index (χ2n) is 22.6.